The maximum absolute atomic E-state index is 12.7. The molecule has 1 unspecified atom stereocenters. The highest BCUT2D eigenvalue weighted by Crippen LogP contribution is 2.18. The van der Waals surface area contributed by atoms with Crippen molar-refractivity contribution in [1.29, 1.82) is 0 Å². The topological polar surface area (TPSA) is 70.2 Å². The van der Waals surface area contributed by atoms with Crippen LogP contribution >= 0.6 is 24.8 Å². The minimum absolute atomic E-state index is 0. The minimum Gasteiger partial charge on any atom is -0.339 e. The predicted octanol–water partition coefficient (Wildman–Crippen LogP) is 2.89. The molecule has 1 atom stereocenters. The average Bonchev–Trinajstić information content (AvgIpc) is 2.62. The number of hydrogen-bond acceptors (Lipinski definition) is 5. The Kier molecular flexibility index (Phi) is 8.61. The molecule has 2 N–H and O–H groups in total. The quantitative estimate of drug-likeness (QED) is 0.849. The molecule has 0 bridgehead atoms. The fraction of sp³-hybridized carbons (Fsp3) is 0.353. The minimum atomic E-state index is 0. The van der Waals surface area contributed by atoms with E-state index in [1.54, 1.807) is 18.6 Å². The normalized spacial score (nSPS) is 16.4. The standard InChI is InChI=1S/C17H21N5O.2ClH/c1-18-15-6-3-9-22(12-15)17(23)13-4-2-5-14(10-13)21-16-11-19-7-8-20-16;;/h2,4-5,7-8,10-11,15,18H,3,6,9,12H2,1H3,(H,20,21);2*1H. The number of halogens is 2. The van der Waals surface area contributed by atoms with Crippen LogP contribution in [-0.2, 0) is 0 Å². The number of anilines is 2. The molecular weight excluding hydrogens is 361 g/mol. The smallest absolute Gasteiger partial charge is 0.253 e. The Bertz CT molecular complexity index is 671. The zero-order valence-electron chi connectivity index (χ0n) is 14.0. The molecule has 0 saturated carbocycles. The number of likely N-dealkylation sites (tertiary alicyclic amines) is 1. The Morgan fingerprint density at radius 3 is 2.84 bits per heavy atom. The molecule has 1 aromatic carbocycles. The molecule has 1 aliphatic rings. The molecule has 6 nitrogen and oxygen atoms in total. The van der Waals surface area contributed by atoms with Crippen LogP contribution in [0.25, 0.3) is 0 Å². The van der Waals surface area contributed by atoms with Crippen molar-refractivity contribution in [1.82, 2.24) is 20.2 Å². The van der Waals surface area contributed by atoms with Gasteiger partial charge in [0.1, 0.15) is 5.82 Å². The van der Waals surface area contributed by atoms with Crippen molar-refractivity contribution in [3.8, 4) is 0 Å². The zero-order valence-corrected chi connectivity index (χ0v) is 15.6. The number of benzene rings is 1. The van der Waals surface area contributed by atoms with E-state index < -0.39 is 0 Å². The second-order valence-corrected chi connectivity index (χ2v) is 5.68. The summed E-state index contributed by atoms with van der Waals surface area (Å²) in [5, 5.41) is 6.43. The van der Waals surface area contributed by atoms with Crippen molar-refractivity contribution in [2.24, 2.45) is 0 Å². The Morgan fingerprint density at radius 2 is 2.12 bits per heavy atom. The first-order chi connectivity index (χ1) is 11.3. The molecule has 8 heteroatoms. The summed E-state index contributed by atoms with van der Waals surface area (Å²) >= 11 is 0. The maximum atomic E-state index is 12.7. The van der Waals surface area contributed by atoms with E-state index in [0.717, 1.165) is 31.6 Å². The largest absolute Gasteiger partial charge is 0.339 e. The third-order valence-corrected chi connectivity index (χ3v) is 4.06. The summed E-state index contributed by atoms with van der Waals surface area (Å²) in [5.74, 6) is 0.734. The highest BCUT2D eigenvalue weighted by atomic mass is 35.5. The van der Waals surface area contributed by atoms with Crippen LogP contribution in [0.4, 0.5) is 11.5 Å². The highest BCUT2D eigenvalue weighted by molar-refractivity contribution is 5.95. The summed E-state index contributed by atoms with van der Waals surface area (Å²) in [6.07, 6.45) is 7.06. The summed E-state index contributed by atoms with van der Waals surface area (Å²) in [4.78, 5) is 22.8. The molecule has 2 aromatic rings. The molecule has 1 saturated heterocycles. The maximum Gasteiger partial charge on any atom is 0.253 e. The van der Waals surface area contributed by atoms with Crippen LogP contribution in [0, 0.1) is 0 Å². The molecule has 1 amide bonds. The number of carbonyl (C=O) groups is 1. The first-order valence-electron chi connectivity index (χ1n) is 7.86. The van der Waals surface area contributed by atoms with E-state index in [4.69, 9.17) is 0 Å². The lowest BCUT2D eigenvalue weighted by Gasteiger charge is -2.32. The molecule has 136 valence electrons. The van der Waals surface area contributed by atoms with Crippen LogP contribution in [0.5, 0.6) is 0 Å². The van der Waals surface area contributed by atoms with E-state index in [9.17, 15) is 4.79 Å². The van der Waals surface area contributed by atoms with E-state index in [2.05, 4.69) is 20.6 Å². The number of nitrogens with one attached hydrogen (secondary N) is 2. The summed E-state index contributed by atoms with van der Waals surface area (Å²) in [6.45, 7) is 1.58. The number of hydrogen-bond donors (Lipinski definition) is 2. The Hall–Kier alpha value is -1.89. The van der Waals surface area contributed by atoms with Crippen LogP contribution in [0.15, 0.2) is 42.9 Å². The van der Waals surface area contributed by atoms with Crippen molar-refractivity contribution >= 4 is 42.2 Å². The summed E-state index contributed by atoms with van der Waals surface area (Å²) in [6, 6.07) is 7.89. The van der Waals surface area contributed by atoms with Crippen LogP contribution in [0.3, 0.4) is 0 Å². The van der Waals surface area contributed by atoms with Gasteiger partial charge in [-0.1, -0.05) is 6.07 Å². The van der Waals surface area contributed by atoms with Gasteiger partial charge in [0.2, 0.25) is 0 Å². The van der Waals surface area contributed by atoms with Gasteiger partial charge in [0.05, 0.1) is 6.20 Å². The lowest BCUT2D eigenvalue weighted by Crippen LogP contribution is -2.46. The molecule has 3 rings (SSSR count). The number of rotatable bonds is 4. The first-order valence-corrected chi connectivity index (χ1v) is 7.86. The van der Waals surface area contributed by atoms with E-state index in [0.29, 0.717) is 17.4 Å². The van der Waals surface area contributed by atoms with E-state index >= 15 is 0 Å². The van der Waals surface area contributed by atoms with Gasteiger partial charge in [-0.25, -0.2) is 4.98 Å². The van der Waals surface area contributed by atoms with Gasteiger partial charge in [-0.2, -0.15) is 0 Å². The molecule has 1 aliphatic heterocycles. The third-order valence-electron chi connectivity index (χ3n) is 4.06. The molecular formula is C17H23Cl2N5O. The van der Waals surface area contributed by atoms with Crippen molar-refractivity contribution in [2.45, 2.75) is 18.9 Å². The fourth-order valence-corrected chi connectivity index (χ4v) is 2.82. The second kappa shape index (κ2) is 10.2. The van der Waals surface area contributed by atoms with Gasteiger partial charge >= 0.3 is 0 Å². The van der Waals surface area contributed by atoms with Crippen molar-refractivity contribution < 1.29 is 4.79 Å². The van der Waals surface area contributed by atoms with Crippen LogP contribution in [0.2, 0.25) is 0 Å². The van der Waals surface area contributed by atoms with Gasteiger partial charge in [-0.15, -0.1) is 24.8 Å². The van der Waals surface area contributed by atoms with Crippen LogP contribution in [0.1, 0.15) is 23.2 Å². The highest BCUT2D eigenvalue weighted by Gasteiger charge is 2.23. The first kappa shape index (κ1) is 21.2. The second-order valence-electron chi connectivity index (χ2n) is 5.68. The Labute approximate surface area is 160 Å². The molecule has 25 heavy (non-hydrogen) atoms. The predicted molar refractivity (Wildman–Crippen MR) is 104 cm³/mol. The number of carbonyl (C=O) groups excluding carboxylic acids is 1. The monoisotopic (exact) mass is 383 g/mol. The van der Waals surface area contributed by atoms with Crippen LogP contribution < -0.4 is 10.6 Å². The fourth-order valence-electron chi connectivity index (χ4n) is 2.82. The van der Waals surface area contributed by atoms with Crippen molar-refractivity contribution in [3.05, 3.63) is 48.4 Å². The van der Waals surface area contributed by atoms with E-state index in [1.165, 1.54) is 0 Å². The molecule has 1 fully saturated rings. The van der Waals surface area contributed by atoms with E-state index in [1.807, 2.05) is 36.2 Å². The number of amides is 1. The third kappa shape index (κ3) is 5.56. The van der Waals surface area contributed by atoms with Crippen molar-refractivity contribution in [2.75, 3.05) is 25.5 Å². The van der Waals surface area contributed by atoms with Gasteiger partial charge in [0.25, 0.3) is 5.91 Å². The van der Waals surface area contributed by atoms with Gasteiger partial charge < -0.3 is 15.5 Å². The SMILES string of the molecule is CNC1CCCN(C(=O)c2cccc(Nc3cnccn3)c2)C1.Cl.Cl. The van der Waals surface area contributed by atoms with E-state index in [-0.39, 0.29) is 30.7 Å². The number of nitrogens with zero attached hydrogens (tertiary/aromatic N) is 3. The van der Waals surface area contributed by atoms with Gasteiger partial charge in [-0.05, 0) is 38.1 Å². The molecule has 0 aliphatic carbocycles. The number of likely N-dealkylation sites (N-methyl/N-ethyl adjacent to an activating group) is 1. The molecule has 0 spiro atoms. The number of aromatic nitrogens is 2. The van der Waals surface area contributed by atoms with Crippen molar-refractivity contribution in [3.63, 3.8) is 0 Å². The molecule has 0 radical (unpaired) electrons. The summed E-state index contributed by atoms with van der Waals surface area (Å²) in [5.41, 5.74) is 1.52. The Balaban J connectivity index is 0.00000156. The lowest BCUT2D eigenvalue weighted by molar-refractivity contribution is 0.0698. The number of piperidine rings is 1. The van der Waals surface area contributed by atoms with Gasteiger partial charge in [0, 0.05) is 42.8 Å². The molecule has 2 heterocycles. The zero-order chi connectivity index (χ0) is 16.1. The van der Waals surface area contributed by atoms with Gasteiger partial charge in [0.15, 0.2) is 0 Å². The molecule has 1 aromatic heterocycles. The summed E-state index contributed by atoms with van der Waals surface area (Å²) < 4.78 is 0. The average molecular weight is 384 g/mol. The van der Waals surface area contributed by atoms with Gasteiger partial charge in [-0.3, -0.25) is 9.78 Å². The summed E-state index contributed by atoms with van der Waals surface area (Å²) in [7, 11) is 1.95. The Morgan fingerprint density at radius 1 is 1.28 bits per heavy atom. The van der Waals surface area contributed by atoms with Crippen LogP contribution in [-0.4, -0.2) is 47.0 Å². The lowest BCUT2D eigenvalue weighted by atomic mass is 10.0.